The average molecular weight is 808 g/mol. The molecule has 3 aliphatic heterocycles. The molecular formula is C38H44BrN2NaO11+2. The van der Waals surface area contributed by atoms with Crippen LogP contribution in [0.3, 0.4) is 0 Å². The average Bonchev–Trinajstić information content (AvgIpc) is 3.88. The van der Waals surface area contributed by atoms with Crippen molar-refractivity contribution in [3.8, 4) is 0 Å². The Morgan fingerprint density at radius 2 is 1.57 bits per heavy atom. The van der Waals surface area contributed by atoms with Crippen molar-refractivity contribution in [1.29, 1.82) is 0 Å². The van der Waals surface area contributed by atoms with Crippen molar-refractivity contribution in [3.63, 3.8) is 0 Å². The zero-order chi connectivity index (χ0) is 36.8. The number of morpholine rings is 1. The van der Waals surface area contributed by atoms with Crippen LogP contribution in [0.15, 0.2) is 62.5 Å². The number of carboxylic acids is 2. The molecule has 15 heteroatoms. The van der Waals surface area contributed by atoms with Gasteiger partial charge in [-0.05, 0) is 31.9 Å². The molecule has 7 atom stereocenters. The van der Waals surface area contributed by atoms with Gasteiger partial charge in [-0.15, -0.1) is 17.0 Å². The molecule has 3 aliphatic rings. The van der Waals surface area contributed by atoms with E-state index < -0.39 is 34.5 Å². The van der Waals surface area contributed by atoms with Crippen LogP contribution >= 0.6 is 17.0 Å². The monoisotopic (exact) mass is 806 g/mol. The largest absolute Gasteiger partial charge is 1.00 e. The topological polar surface area (TPSA) is 186 Å². The number of carbonyl (C=O) groups is 3. The molecular weight excluding hydrogens is 763 g/mol. The van der Waals surface area contributed by atoms with Gasteiger partial charge < -0.3 is 38.3 Å². The summed E-state index contributed by atoms with van der Waals surface area (Å²) in [6.45, 7) is 6.98. The van der Waals surface area contributed by atoms with E-state index in [2.05, 4.69) is 14.0 Å². The third-order valence-corrected chi connectivity index (χ3v) is 10.9. The van der Waals surface area contributed by atoms with Crippen molar-refractivity contribution < 1.29 is 77.6 Å². The summed E-state index contributed by atoms with van der Waals surface area (Å²) in [7, 11) is 2.31. The summed E-state index contributed by atoms with van der Waals surface area (Å²) in [4.78, 5) is 60.4. The first-order valence-corrected chi connectivity index (χ1v) is 17.4. The molecule has 0 aliphatic carbocycles. The number of aliphatic hydroxyl groups excluding tert-OH is 1. The predicted octanol–water partition coefficient (Wildman–Crippen LogP) is 1.51. The molecule has 4 aromatic rings. The van der Waals surface area contributed by atoms with Crippen LogP contribution < -0.4 is 40.4 Å². The number of hydrogen-bond acceptors (Lipinski definition) is 9. The van der Waals surface area contributed by atoms with Crippen molar-refractivity contribution in [2.75, 3.05) is 20.2 Å². The van der Waals surface area contributed by atoms with E-state index in [-0.39, 0.29) is 93.8 Å². The number of quaternary nitrogens is 1. The van der Waals surface area contributed by atoms with E-state index in [0.717, 1.165) is 41.6 Å². The number of carboxylic acid groups (broad SMARTS) is 2. The number of aryl methyl sites for hydroxylation is 2. The number of rotatable bonds is 10. The molecule has 278 valence electrons. The number of fused-ring (bicyclic) bond motifs is 7. The standard InChI is InChI=1S/C19H17NO7.C19H26NO4.BrH.Na/c1-3-5-9-16-10(13(21)7-12(18(23)24)20(16)4-2)6-11-14(22)8-15(19(25)26)27-17(9)11;1-3-20(2)15-9-13(10-16(20)18-17(15)24-18)23-19(22)14(11-21)12-7-5-4-6-8-12;;/h6-8H,3-5H2,1-2H3,(H,23,24)(H,25,26);4-8,13-18,21H,3,9-11H2,1-2H3;1H;/q;+1;;+1/t;13?,14-,15-,16+,17-,18+,20?;;/m.1../s1. The second-order valence-corrected chi connectivity index (χ2v) is 13.6. The van der Waals surface area contributed by atoms with Gasteiger partial charge in [0.25, 0.3) is 0 Å². The van der Waals surface area contributed by atoms with E-state index >= 15 is 0 Å². The fourth-order valence-electron chi connectivity index (χ4n) is 8.21. The summed E-state index contributed by atoms with van der Waals surface area (Å²) in [6.07, 6.45) is 3.37. The number of aliphatic hydroxyl groups is 1. The van der Waals surface area contributed by atoms with Gasteiger partial charge in [0, 0.05) is 42.5 Å². The van der Waals surface area contributed by atoms with Crippen molar-refractivity contribution >= 4 is 56.8 Å². The number of benzene rings is 2. The first-order chi connectivity index (χ1) is 24.4. The van der Waals surface area contributed by atoms with Gasteiger partial charge in [-0.3, -0.25) is 14.4 Å². The van der Waals surface area contributed by atoms with Crippen molar-refractivity contribution in [1.82, 2.24) is 4.57 Å². The van der Waals surface area contributed by atoms with Crippen LogP contribution in [0.5, 0.6) is 0 Å². The molecule has 3 saturated heterocycles. The summed E-state index contributed by atoms with van der Waals surface area (Å²) in [5, 5.41) is 28.6. The quantitative estimate of drug-likeness (QED) is 0.0694. The van der Waals surface area contributed by atoms with Crippen LogP contribution in [-0.2, 0) is 27.2 Å². The number of aromatic carboxylic acids is 2. The number of esters is 1. The van der Waals surface area contributed by atoms with E-state index in [1.807, 2.05) is 37.3 Å². The van der Waals surface area contributed by atoms with Gasteiger partial charge in [0.2, 0.25) is 5.76 Å². The maximum Gasteiger partial charge on any atom is 1.00 e. The number of epoxide rings is 1. The smallest absolute Gasteiger partial charge is 0.477 e. The number of ether oxygens (including phenoxy) is 2. The van der Waals surface area contributed by atoms with Crippen LogP contribution in [0.4, 0.5) is 0 Å². The Morgan fingerprint density at radius 1 is 0.943 bits per heavy atom. The fraction of sp³-hybridized carbons (Fsp3) is 0.447. The third-order valence-electron chi connectivity index (χ3n) is 10.9. The Bertz CT molecular complexity index is 2120. The molecule has 2 unspecified atom stereocenters. The van der Waals surface area contributed by atoms with Crippen LogP contribution in [0.1, 0.15) is 78.1 Å². The summed E-state index contributed by atoms with van der Waals surface area (Å²) >= 11 is 0. The molecule has 53 heavy (non-hydrogen) atoms. The Morgan fingerprint density at radius 3 is 2.09 bits per heavy atom. The van der Waals surface area contributed by atoms with E-state index in [1.54, 1.807) is 6.92 Å². The predicted molar refractivity (Wildman–Crippen MR) is 197 cm³/mol. The normalized spacial score (nSPS) is 24.1. The number of piperidine rings is 1. The number of hydrogen-bond donors (Lipinski definition) is 3. The molecule has 7 rings (SSSR count). The minimum absolute atomic E-state index is 0. The van der Waals surface area contributed by atoms with Crippen LogP contribution in [0.2, 0.25) is 0 Å². The number of carbonyl (C=O) groups excluding carboxylic acids is 1. The van der Waals surface area contributed by atoms with Gasteiger partial charge in [-0.1, -0.05) is 43.7 Å². The van der Waals surface area contributed by atoms with Crippen LogP contribution in [-0.4, -0.2) is 92.9 Å². The molecule has 2 bridgehead atoms. The summed E-state index contributed by atoms with van der Waals surface area (Å²) < 4.78 is 19.6. The second kappa shape index (κ2) is 17.0. The van der Waals surface area contributed by atoms with Gasteiger partial charge in [-0.25, -0.2) is 9.59 Å². The molecule has 2 aromatic carbocycles. The maximum absolute atomic E-state index is 12.6. The van der Waals surface area contributed by atoms with Gasteiger partial charge in [0.05, 0.1) is 31.1 Å². The maximum atomic E-state index is 12.6. The molecule has 0 radical (unpaired) electrons. The Hall–Kier alpha value is -3.37. The van der Waals surface area contributed by atoms with Gasteiger partial charge in [-0.2, -0.15) is 0 Å². The SMILES string of the molecule is Br.CCCc1c2oc(C(=O)O)cc(=O)c2cc2c(=O)cc(C(=O)O)n(CC)c12.CC[N+]1(C)[C@@H]2CC(OC(=O)[C@H](CO)c3ccccc3)C[C@H]1[C@@H]1O[C@@H]12.[Na+]. The molecule has 0 amide bonds. The van der Waals surface area contributed by atoms with Crippen molar-refractivity contribution in [3.05, 3.63) is 91.6 Å². The summed E-state index contributed by atoms with van der Waals surface area (Å²) in [5.41, 5.74) is 0.409. The summed E-state index contributed by atoms with van der Waals surface area (Å²) in [5.74, 6) is -4.05. The summed E-state index contributed by atoms with van der Waals surface area (Å²) in [6, 6.07) is 13.5. The van der Waals surface area contributed by atoms with Crippen LogP contribution in [0.25, 0.3) is 21.9 Å². The second-order valence-electron chi connectivity index (χ2n) is 13.6. The van der Waals surface area contributed by atoms with E-state index in [4.69, 9.17) is 13.9 Å². The minimum atomic E-state index is -1.39. The van der Waals surface area contributed by atoms with E-state index in [0.29, 0.717) is 48.2 Å². The first kappa shape index (κ1) is 42.4. The van der Waals surface area contributed by atoms with Crippen molar-refractivity contribution in [2.45, 2.75) is 89.3 Å². The number of nitrogens with zero attached hydrogens (tertiary/aromatic N) is 2. The van der Waals surface area contributed by atoms with Gasteiger partial charge in [0.15, 0.2) is 10.9 Å². The number of halogens is 1. The Labute approximate surface area is 338 Å². The number of pyridine rings is 1. The number of likely N-dealkylation sites (N-methyl/N-ethyl adjacent to an activating group) is 1. The zero-order valence-corrected chi connectivity index (χ0v) is 34.2. The Kier molecular flexibility index (Phi) is 13.6. The number of aromatic nitrogens is 1. The van der Waals surface area contributed by atoms with Crippen molar-refractivity contribution in [2.24, 2.45) is 0 Å². The molecule has 0 spiro atoms. The molecule has 3 N–H and O–H groups in total. The third kappa shape index (κ3) is 7.77. The fourth-order valence-corrected chi connectivity index (χ4v) is 8.21. The molecule has 5 heterocycles. The van der Waals surface area contributed by atoms with Gasteiger partial charge in [0.1, 0.15) is 47.6 Å². The zero-order valence-electron chi connectivity index (χ0n) is 30.4. The van der Waals surface area contributed by atoms with E-state index in [1.165, 1.54) is 10.6 Å². The van der Waals surface area contributed by atoms with Crippen LogP contribution in [0, 0.1) is 0 Å². The first-order valence-electron chi connectivity index (χ1n) is 17.4. The Balaban J connectivity index is 0.000000229. The molecule has 2 aromatic heterocycles. The molecule has 0 saturated carbocycles. The minimum Gasteiger partial charge on any atom is -0.477 e. The molecule has 3 fully saturated rings. The molecule has 13 nitrogen and oxygen atoms in total. The van der Waals surface area contributed by atoms with E-state index in [9.17, 15) is 39.3 Å². The van der Waals surface area contributed by atoms with Gasteiger partial charge >= 0.3 is 47.5 Å².